The van der Waals surface area contributed by atoms with Gasteiger partial charge in [0.15, 0.2) is 0 Å². The maximum absolute atomic E-state index is 12.7. The Hall–Kier alpha value is -1.15. The number of hydrogen-bond donors (Lipinski definition) is 1. The molecule has 2 aliphatic rings. The van der Waals surface area contributed by atoms with Crippen molar-refractivity contribution in [2.24, 2.45) is 5.73 Å². The molecule has 1 aromatic rings. The zero-order chi connectivity index (χ0) is 15.0. The normalized spacial score (nSPS) is 24.4. The van der Waals surface area contributed by atoms with Crippen molar-refractivity contribution in [3.8, 4) is 5.75 Å². The monoisotopic (exact) mass is 312 g/mol. The number of rotatable bonds is 3. The van der Waals surface area contributed by atoms with Crippen LogP contribution in [0.15, 0.2) is 23.1 Å². The van der Waals surface area contributed by atoms with E-state index in [-0.39, 0.29) is 12.1 Å². The van der Waals surface area contributed by atoms with E-state index in [1.54, 1.807) is 18.2 Å². The average Bonchev–Trinajstić information content (AvgIpc) is 2.94. The highest BCUT2D eigenvalue weighted by atomic mass is 32.2. The van der Waals surface area contributed by atoms with E-state index in [1.165, 1.54) is 4.31 Å². The van der Waals surface area contributed by atoms with Gasteiger partial charge in [-0.2, -0.15) is 4.31 Å². The molecule has 2 heterocycles. The number of nitrogens with two attached hydrogens (primary N) is 1. The van der Waals surface area contributed by atoms with Gasteiger partial charge in [0.1, 0.15) is 5.75 Å². The second-order valence-corrected chi connectivity index (χ2v) is 7.44. The van der Waals surface area contributed by atoms with Gasteiger partial charge in [0, 0.05) is 25.6 Å². The van der Waals surface area contributed by atoms with Crippen molar-refractivity contribution in [2.75, 3.05) is 26.3 Å². The molecule has 0 aromatic heterocycles. The fourth-order valence-corrected chi connectivity index (χ4v) is 4.15. The van der Waals surface area contributed by atoms with Crippen LogP contribution in [0.4, 0.5) is 0 Å². The molecule has 0 spiro atoms. The molecule has 1 fully saturated rings. The summed E-state index contributed by atoms with van der Waals surface area (Å²) in [7, 11) is -3.51. The van der Waals surface area contributed by atoms with E-state index in [0.717, 1.165) is 17.7 Å². The molecule has 3 rings (SSSR count). The molecule has 0 saturated carbocycles. The molecule has 6 nitrogen and oxygen atoms in total. The fraction of sp³-hybridized carbons (Fsp3) is 0.571. The van der Waals surface area contributed by atoms with Gasteiger partial charge >= 0.3 is 0 Å². The largest absolute Gasteiger partial charge is 0.493 e. The Labute approximate surface area is 124 Å². The zero-order valence-electron chi connectivity index (χ0n) is 12.0. The van der Waals surface area contributed by atoms with Crippen molar-refractivity contribution in [2.45, 2.75) is 30.4 Å². The van der Waals surface area contributed by atoms with E-state index in [4.69, 9.17) is 15.2 Å². The van der Waals surface area contributed by atoms with Crippen LogP contribution in [-0.4, -0.2) is 51.2 Å². The van der Waals surface area contributed by atoms with Crippen molar-refractivity contribution < 1.29 is 17.9 Å². The smallest absolute Gasteiger partial charge is 0.243 e. The Morgan fingerprint density at radius 3 is 2.95 bits per heavy atom. The molecule has 7 heteroatoms. The Balaban J connectivity index is 1.86. The average molecular weight is 312 g/mol. The van der Waals surface area contributed by atoms with Crippen LogP contribution in [-0.2, 0) is 21.2 Å². The Kier molecular flexibility index (Phi) is 3.92. The summed E-state index contributed by atoms with van der Waals surface area (Å²) in [4.78, 5) is 0.317. The van der Waals surface area contributed by atoms with Crippen molar-refractivity contribution >= 4 is 10.0 Å². The van der Waals surface area contributed by atoms with Crippen LogP contribution >= 0.6 is 0 Å². The van der Waals surface area contributed by atoms with E-state index in [2.05, 4.69) is 0 Å². The molecular weight excluding hydrogens is 292 g/mol. The maximum Gasteiger partial charge on any atom is 0.243 e. The van der Waals surface area contributed by atoms with Crippen molar-refractivity contribution in [3.05, 3.63) is 23.8 Å². The number of hydrogen-bond acceptors (Lipinski definition) is 5. The van der Waals surface area contributed by atoms with Gasteiger partial charge in [-0.3, -0.25) is 0 Å². The summed E-state index contributed by atoms with van der Waals surface area (Å²) in [5.41, 5.74) is 6.77. The van der Waals surface area contributed by atoms with E-state index in [1.807, 2.05) is 6.92 Å². The standard InChI is InChI=1S/C14H20N2O4S/c1-10(15)14-9-16(5-7-20-14)21(17,18)12-2-3-13-11(8-12)4-6-19-13/h2-3,8,10,14H,4-7,9,15H2,1H3. The molecule has 116 valence electrons. The second-order valence-electron chi connectivity index (χ2n) is 5.50. The minimum atomic E-state index is -3.51. The lowest BCUT2D eigenvalue weighted by Crippen LogP contribution is -2.51. The van der Waals surface area contributed by atoms with Crippen molar-refractivity contribution in [3.63, 3.8) is 0 Å². The lowest BCUT2D eigenvalue weighted by Gasteiger charge is -2.33. The lowest BCUT2D eigenvalue weighted by atomic mass is 10.2. The van der Waals surface area contributed by atoms with Crippen molar-refractivity contribution in [1.29, 1.82) is 0 Å². The molecule has 1 aromatic carbocycles. The summed E-state index contributed by atoms with van der Waals surface area (Å²) in [5, 5.41) is 0. The predicted octanol–water partition coefficient (Wildman–Crippen LogP) is 0.358. The summed E-state index contributed by atoms with van der Waals surface area (Å²) >= 11 is 0. The molecule has 2 unspecified atom stereocenters. The number of nitrogens with zero attached hydrogens (tertiary/aromatic N) is 1. The number of sulfonamides is 1. The van der Waals surface area contributed by atoms with Gasteiger partial charge in [-0.05, 0) is 30.7 Å². The minimum Gasteiger partial charge on any atom is -0.493 e. The third kappa shape index (κ3) is 2.78. The van der Waals surface area contributed by atoms with Gasteiger partial charge in [0.2, 0.25) is 10.0 Å². The first-order valence-corrected chi connectivity index (χ1v) is 8.55. The molecule has 0 amide bonds. The molecule has 0 radical (unpaired) electrons. The topological polar surface area (TPSA) is 81.9 Å². The first-order valence-electron chi connectivity index (χ1n) is 7.11. The Morgan fingerprint density at radius 1 is 1.38 bits per heavy atom. The fourth-order valence-electron chi connectivity index (χ4n) is 2.66. The van der Waals surface area contributed by atoms with Crippen LogP contribution < -0.4 is 10.5 Å². The van der Waals surface area contributed by atoms with Crippen LogP contribution in [0.25, 0.3) is 0 Å². The molecule has 21 heavy (non-hydrogen) atoms. The number of fused-ring (bicyclic) bond motifs is 1. The highest BCUT2D eigenvalue weighted by molar-refractivity contribution is 7.89. The molecule has 2 atom stereocenters. The van der Waals surface area contributed by atoms with E-state index < -0.39 is 10.0 Å². The third-order valence-corrected chi connectivity index (χ3v) is 5.80. The van der Waals surface area contributed by atoms with E-state index >= 15 is 0 Å². The van der Waals surface area contributed by atoms with Crippen LogP contribution in [0.3, 0.4) is 0 Å². The summed E-state index contributed by atoms with van der Waals surface area (Å²) in [6.45, 7) is 3.48. The van der Waals surface area contributed by atoms with Crippen molar-refractivity contribution in [1.82, 2.24) is 4.31 Å². The quantitative estimate of drug-likeness (QED) is 0.871. The van der Waals surface area contributed by atoms with Gasteiger partial charge in [0.25, 0.3) is 0 Å². The first kappa shape index (κ1) is 14.8. The molecule has 2 aliphatic heterocycles. The minimum absolute atomic E-state index is 0.198. The van der Waals surface area contributed by atoms with Crippen LogP contribution in [0.5, 0.6) is 5.75 Å². The third-order valence-electron chi connectivity index (χ3n) is 3.94. The van der Waals surface area contributed by atoms with Gasteiger partial charge < -0.3 is 15.2 Å². The molecule has 0 bridgehead atoms. The first-order chi connectivity index (χ1) is 9.98. The lowest BCUT2D eigenvalue weighted by molar-refractivity contribution is -0.0120. The summed E-state index contributed by atoms with van der Waals surface area (Å²) in [6, 6.07) is 4.86. The molecular formula is C14H20N2O4S. The number of ether oxygens (including phenoxy) is 2. The number of benzene rings is 1. The van der Waals surface area contributed by atoms with Crippen LogP contribution in [0, 0.1) is 0 Å². The van der Waals surface area contributed by atoms with Crippen LogP contribution in [0.2, 0.25) is 0 Å². The molecule has 2 N–H and O–H groups in total. The predicted molar refractivity (Wildman–Crippen MR) is 77.8 cm³/mol. The summed E-state index contributed by atoms with van der Waals surface area (Å²) in [6.07, 6.45) is 0.496. The highest BCUT2D eigenvalue weighted by Gasteiger charge is 2.32. The SMILES string of the molecule is CC(N)C1CN(S(=O)(=O)c2ccc3c(c2)CCO3)CCO1. The summed E-state index contributed by atoms with van der Waals surface area (Å²) in [5.74, 6) is 0.782. The summed E-state index contributed by atoms with van der Waals surface area (Å²) < 4.78 is 37.9. The highest BCUT2D eigenvalue weighted by Crippen LogP contribution is 2.29. The zero-order valence-corrected chi connectivity index (χ0v) is 12.8. The van der Waals surface area contributed by atoms with E-state index in [9.17, 15) is 8.42 Å². The number of morpholine rings is 1. The Morgan fingerprint density at radius 2 is 2.19 bits per heavy atom. The van der Waals surface area contributed by atoms with Gasteiger partial charge in [0.05, 0.1) is 24.2 Å². The maximum atomic E-state index is 12.7. The van der Waals surface area contributed by atoms with Gasteiger partial charge in [-0.15, -0.1) is 0 Å². The van der Waals surface area contributed by atoms with Gasteiger partial charge in [-0.1, -0.05) is 0 Å². The van der Waals surface area contributed by atoms with Gasteiger partial charge in [-0.25, -0.2) is 8.42 Å². The van der Waals surface area contributed by atoms with E-state index in [0.29, 0.717) is 31.2 Å². The van der Waals surface area contributed by atoms with Crippen LogP contribution in [0.1, 0.15) is 12.5 Å². The molecule has 1 saturated heterocycles. The molecule has 0 aliphatic carbocycles. The Bertz CT molecular complexity index is 630. The second kappa shape index (κ2) is 5.57.